The Balaban J connectivity index is 3.97. The Hall–Kier alpha value is 0.427. The molecule has 0 saturated heterocycles. The summed E-state index contributed by atoms with van der Waals surface area (Å²) in [7, 11) is 0.144. The van der Waals surface area contributed by atoms with E-state index in [1.54, 1.807) is 7.11 Å². The second kappa shape index (κ2) is 6.99. The Morgan fingerprint density at radius 2 is 1.75 bits per heavy atom. The number of hydrogen-bond donors (Lipinski definition) is 0. The zero-order chi connectivity index (χ0) is 12.8. The summed E-state index contributed by atoms with van der Waals surface area (Å²) in [6.07, 6.45) is 2.08. The molecule has 2 nitrogen and oxygen atoms in total. The number of alkyl halides is 1. The fourth-order valence-electron chi connectivity index (χ4n) is 1.16. The van der Waals surface area contributed by atoms with Crippen molar-refractivity contribution in [3.8, 4) is 0 Å². The highest BCUT2D eigenvalue weighted by molar-refractivity contribution is 6.74. The van der Waals surface area contributed by atoms with E-state index in [1.807, 2.05) is 0 Å². The quantitative estimate of drug-likeness (QED) is 0.511. The zero-order valence-corrected chi connectivity index (χ0v) is 13.4. The molecule has 0 unspecified atom stereocenters. The highest BCUT2D eigenvalue weighted by Crippen LogP contribution is 2.36. The molecule has 0 bridgehead atoms. The van der Waals surface area contributed by atoms with Gasteiger partial charge in [0.2, 0.25) is 0 Å². The van der Waals surface area contributed by atoms with Gasteiger partial charge in [-0.3, -0.25) is 0 Å². The van der Waals surface area contributed by atoms with Gasteiger partial charge in [0.15, 0.2) is 8.32 Å². The van der Waals surface area contributed by atoms with Crippen molar-refractivity contribution in [3.63, 3.8) is 0 Å². The molecular formula is C12H27ClO2Si. The Kier molecular flexibility index (Phi) is 7.18. The molecule has 0 radical (unpaired) electrons. The van der Waals surface area contributed by atoms with Gasteiger partial charge in [-0.2, -0.15) is 0 Å². The molecule has 0 aliphatic carbocycles. The van der Waals surface area contributed by atoms with Crippen molar-refractivity contribution in [3.05, 3.63) is 0 Å². The average Bonchev–Trinajstić information content (AvgIpc) is 2.14. The molecule has 4 heteroatoms. The lowest BCUT2D eigenvalue weighted by atomic mass is 10.2. The molecule has 0 aliphatic rings. The standard InChI is InChI=1S/C12H27ClO2Si/c1-12(2,3)16(5,6)15-10-8-11(14-4)7-9-13/h11H,7-10H2,1-6H3/t11-/m1/s1. The van der Waals surface area contributed by atoms with Gasteiger partial charge in [-0.05, 0) is 31.0 Å². The third kappa shape index (κ3) is 5.67. The van der Waals surface area contributed by atoms with E-state index in [9.17, 15) is 0 Å². The van der Waals surface area contributed by atoms with Gasteiger partial charge in [0.25, 0.3) is 0 Å². The summed E-state index contributed by atoms with van der Waals surface area (Å²) in [6, 6.07) is 0. The van der Waals surface area contributed by atoms with Crippen LogP contribution in [0.2, 0.25) is 18.1 Å². The molecule has 1 atom stereocenters. The van der Waals surface area contributed by atoms with E-state index in [4.69, 9.17) is 20.8 Å². The Morgan fingerprint density at radius 3 is 2.12 bits per heavy atom. The monoisotopic (exact) mass is 266 g/mol. The van der Waals surface area contributed by atoms with Gasteiger partial charge in [0, 0.05) is 19.6 Å². The van der Waals surface area contributed by atoms with Crippen LogP contribution in [0.5, 0.6) is 0 Å². The average molecular weight is 267 g/mol. The van der Waals surface area contributed by atoms with E-state index < -0.39 is 8.32 Å². The van der Waals surface area contributed by atoms with Crippen LogP contribution >= 0.6 is 11.6 Å². The SMILES string of the molecule is CO[C@H](CCCl)CCO[Si](C)(C)C(C)(C)C. The topological polar surface area (TPSA) is 18.5 Å². The van der Waals surface area contributed by atoms with Gasteiger partial charge < -0.3 is 9.16 Å². The summed E-state index contributed by atoms with van der Waals surface area (Å²) in [4.78, 5) is 0. The van der Waals surface area contributed by atoms with Crippen molar-refractivity contribution < 1.29 is 9.16 Å². The van der Waals surface area contributed by atoms with Crippen LogP contribution in [0.25, 0.3) is 0 Å². The van der Waals surface area contributed by atoms with E-state index in [0.717, 1.165) is 19.4 Å². The van der Waals surface area contributed by atoms with Crippen molar-refractivity contribution in [2.45, 2.75) is 57.8 Å². The molecule has 0 fully saturated rings. The molecule has 0 N–H and O–H groups in total. The molecule has 0 spiro atoms. The summed E-state index contributed by atoms with van der Waals surface area (Å²) >= 11 is 5.70. The van der Waals surface area contributed by atoms with E-state index >= 15 is 0 Å². The first-order valence-corrected chi connectivity index (χ1v) is 9.41. The van der Waals surface area contributed by atoms with Crippen LogP contribution in [0.4, 0.5) is 0 Å². The van der Waals surface area contributed by atoms with Gasteiger partial charge in [-0.15, -0.1) is 11.6 Å². The molecule has 98 valence electrons. The summed E-state index contributed by atoms with van der Waals surface area (Å²) < 4.78 is 11.4. The lowest BCUT2D eigenvalue weighted by Gasteiger charge is -2.36. The van der Waals surface area contributed by atoms with Crippen LogP contribution in [0.1, 0.15) is 33.6 Å². The molecule has 0 rings (SSSR count). The van der Waals surface area contributed by atoms with Gasteiger partial charge in [-0.25, -0.2) is 0 Å². The first kappa shape index (κ1) is 16.4. The molecule has 0 saturated carbocycles. The largest absolute Gasteiger partial charge is 0.417 e. The van der Waals surface area contributed by atoms with E-state index in [2.05, 4.69) is 33.9 Å². The maximum absolute atomic E-state index is 6.09. The lowest BCUT2D eigenvalue weighted by Crippen LogP contribution is -2.41. The smallest absolute Gasteiger partial charge is 0.191 e. The van der Waals surface area contributed by atoms with E-state index in [-0.39, 0.29) is 11.1 Å². The van der Waals surface area contributed by atoms with Crippen molar-refractivity contribution in [2.75, 3.05) is 19.6 Å². The molecule has 0 aliphatic heterocycles. The van der Waals surface area contributed by atoms with E-state index in [0.29, 0.717) is 5.88 Å². The predicted octanol–water partition coefficient (Wildman–Crippen LogP) is 4.04. The van der Waals surface area contributed by atoms with E-state index in [1.165, 1.54) is 0 Å². The van der Waals surface area contributed by atoms with Crippen LogP contribution < -0.4 is 0 Å². The van der Waals surface area contributed by atoms with Crippen molar-refractivity contribution in [1.29, 1.82) is 0 Å². The molecule has 0 aromatic rings. The fraction of sp³-hybridized carbons (Fsp3) is 1.00. The zero-order valence-electron chi connectivity index (χ0n) is 11.6. The molecule has 0 aromatic carbocycles. The van der Waals surface area contributed by atoms with Crippen LogP contribution in [0.15, 0.2) is 0 Å². The molecule has 16 heavy (non-hydrogen) atoms. The lowest BCUT2D eigenvalue weighted by molar-refractivity contribution is 0.0770. The highest BCUT2D eigenvalue weighted by Gasteiger charge is 2.36. The first-order valence-electron chi connectivity index (χ1n) is 5.97. The molecular weight excluding hydrogens is 240 g/mol. The normalized spacial score (nSPS) is 15.2. The van der Waals surface area contributed by atoms with Crippen molar-refractivity contribution in [1.82, 2.24) is 0 Å². The maximum atomic E-state index is 6.09. The number of rotatable bonds is 7. The first-order chi connectivity index (χ1) is 7.24. The van der Waals surface area contributed by atoms with Crippen LogP contribution in [0.3, 0.4) is 0 Å². The summed E-state index contributed by atoms with van der Waals surface area (Å²) in [5.74, 6) is 0.651. The minimum Gasteiger partial charge on any atom is -0.417 e. The second-order valence-corrected chi connectivity index (χ2v) is 10.9. The Labute approximate surface area is 107 Å². The number of hydrogen-bond acceptors (Lipinski definition) is 2. The third-order valence-electron chi connectivity index (χ3n) is 3.47. The highest BCUT2D eigenvalue weighted by atomic mass is 35.5. The predicted molar refractivity (Wildman–Crippen MR) is 73.9 cm³/mol. The Bertz CT molecular complexity index is 190. The van der Waals surface area contributed by atoms with Gasteiger partial charge in [0.05, 0.1) is 6.10 Å². The van der Waals surface area contributed by atoms with Crippen molar-refractivity contribution in [2.24, 2.45) is 0 Å². The molecule has 0 amide bonds. The minimum atomic E-state index is -1.60. The fourth-order valence-corrected chi connectivity index (χ4v) is 2.47. The Morgan fingerprint density at radius 1 is 1.19 bits per heavy atom. The van der Waals surface area contributed by atoms with Crippen LogP contribution in [0, 0.1) is 0 Å². The molecule has 0 heterocycles. The second-order valence-electron chi connectivity index (χ2n) is 5.73. The van der Waals surface area contributed by atoms with Crippen molar-refractivity contribution >= 4 is 19.9 Å². The summed E-state index contributed by atoms with van der Waals surface area (Å²) in [6.45, 7) is 12.1. The maximum Gasteiger partial charge on any atom is 0.191 e. The van der Waals surface area contributed by atoms with Gasteiger partial charge >= 0.3 is 0 Å². The third-order valence-corrected chi connectivity index (χ3v) is 8.23. The molecule has 0 aromatic heterocycles. The minimum absolute atomic E-state index is 0.238. The number of halogens is 1. The van der Waals surface area contributed by atoms with Crippen LogP contribution in [-0.4, -0.2) is 34.0 Å². The van der Waals surface area contributed by atoms with Gasteiger partial charge in [-0.1, -0.05) is 20.8 Å². The van der Waals surface area contributed by atoms with Gasteiger partial charge in [0.1, 0.15) is 0 Å². The van der Waals surface area contributed by atoms with Crippen LogP contribution in [-0.2, 0) is 9.16 Å². The number of ether oxygens (including phenoxy) is 1. The number of methoxy groups -OCH3 is 1. The summed E-state index contributed by atoms with van der Waals surface area (Å²) in [5.41, 5.74) is 0. The summed E-state index contributed by atoms with van der Waals surface area (Å²) in [5, 5.41) is 0.280.